The molecule has 2 N–H and O–H groups in total. The normalized spacial score (nSPS) is 13.0. The van der Waals surface area contributed by atoms with Crippen molar-refractivity contribution in [2.45, 2.75) is 23.5 Å². The Morgan fingerprint density at radius 1 is 0.871 bits per heavy atom. The summed E-state index contributed by atoms with van der Waals surface area (Å²) in [7, 11) is -4.13. The highest BCUT2D eigenvalue weighted by Gasteiger charge is 2.30. The lowest BCUT2D eigenvalue weighted by molar-refractivity contribution is -0.139. The van der Waals surface area contributed by atoms with Crippen LogP contribution in [0.3, 0.4) is 0 Å². The van der Waals surface area contributed by atoms with Gasteiger partial charge in [0.05, 0.1) is 10.5 Å². The monoisotopic (exact) mass is 449 g/mol. The quantitative estimate of drug-likeness (QED) is 0.562. The number of rotatable bonds is 7. The van der Waals surface area contributed by atoms with Gasteiger partial charge in [-0.05, 0) is 47.4 Å². The van der Waals surface area contributed by atoms with Crippen molar-refractivity contribution in [1.82, 2.24) is 4.72 Å². The van der Waals surface area contributed by atoms with E-state index in [1.165, 1.54) is 36.4 Å². The van der Waals surface area contributed by atoms with Gasteiger partial charge in [0.25, 0.3) is 0 Å². The third kappa shape index (κ3) is 5.71. The van der Waals surface area contributed by atoms with Gasteiger partial charge in [-0.25, -0.2) is 8.42 Å². The number of aliphatic carboxylic acids is 1. The molecule has 0 fully saturated rings. The molecule has 0 saturated carbocycles. The summed E-state index contributed by atoms with van der Waals surface area (Å²) in [5.41, 5.74) is 0.886. The molecule has 3 aromatic carbocycles. The summed E-state index contributed by atoms with van der Waals surface area (Å²) in [5.74, 6) is -1.31. The molecular weight excluding hydrogens is 431 g/mol. The first-order valence-electron chi connectivity index (χ1n) is 9.13. The molecule has 0 aliphatic carbocycles. The van der Waals surface area contributed by atoms with Gasteiger partial charge in [-0.2, -0.15) is 17.9 Å². The van der Waals surface area contributed by atoms with Gasteiger partial charge < -0.3 is 5.11 Å². The number of hydrogen-bond donors (Lipinski definition) is 2. The maximum Gasteiger partial charge on any atom is 0.416 e. The fraction of sp³-hybridized carbons (Fsp3) is 0.136. The highest BCUT2D eigenvalue weighted by atomic mass is 32.2. The number of nitrogens with one attached hydrogen (secondary N) is 1. The van der Waals surface area contributed by atoms with E-state index in [0.29, 0.717) is 16.7 Å². The van der Waals surface area contributed by atoms with Gasteiger partial charge in [0.2, 0.25) is 10.0 Å². The molecular formula is C22H18F3NO4S. The fourth-order valence-electron chi connectivity index (χ4n) is 2.96. The topological polar surface area (TPSA) is 83.5 Å². The van der Waals surface area contributed by atoms with E-state index in [9.17, 15) is 31.5 Å². The van der Waals surface area contributed by atoms with Gasteiger partial charge in [-0.3, -0.25) is 4.79 Å². The molecule has 0 saturated heterocycles. The smallest absolute Gasteiger partial charge is 0.416 e. The first-order chi connectivity index (χ1) is 14.6. The average molecular weight is 449 g/mol. The van der Waals surface area contributed by atoms with Gasteiger partial charge in [-0.1, -0.05) is 54.6 Å². The Morgan fingerprint density at radius 2 is 1.39 bits per heavy atom. The number of carboxylic acids is 1. The van der Waals surface area contributed by atoms with Gasteiger partial charge in [0.1, 0.15) is 6.04 Å². The summed E-state index contributed by atoms with van der Waals surface area (Å²) in [4.78, 5) is 11.4. The molecule has 5 nitrogen and oxygen atoms in total. The maximum atomic E-state index is 12.7. The van der Waals surface area contributed by atoms with Crippen molar-refractivity contribution in [2.75, 3.05) is 0 Å². The van der Waals surface area contributed by atoms with Crippen LogP contribution in [0.4, 0.5) is 13.2 Å². The van der Waals surface area contributed by atoms with E-state index in [1.807, 2.05) is 0 Å². The minimum atomic E-state index is -4.44. The second-order valence-corrected chi connectivity index (χ2v) is 8.52. The molecule has 9 heteroatoms. The molecule has 0 bridgehead atoms. The number of halogens is 3. The largest absolute Gasteiger partial charge is 0.480 e. The van der Waals surface area contributed by atoms with Gasteiger partial charge >= 0.3 is 12.1 Å². The number of carboxylic acid groups (broad SMARTS) is 1. The van der Waals surface area contributed by atoms with Crippen LogP contribution < -0.4 is 4.72 Å². The summed E-state index contributed by atoms with van der Waals surface area (Å²) in [6.45, 7) is 0. The van der Waals surface area contributed by atoms with Crippen molar-refractivity contribution in [1.29, 1.82) is 0 Å². The molecule has 0 aromatic heterocycles. The van der Waals surface area contributed by atoms with E-state index in [2.05, 4.69) is 4.72 Å². The Kier molecular flexibility index (Phi) is 6.47. The molecule has 0 heterocycles. The first-order valence-corrected chi connectivity index (χ1v) is 10.6. The third-order valence-corrected chi connectivity index (χ3v) is 6.08. The van der Waals surface area contributed by atoms with Gasteiger partial charge in [-0.15, -0.1) is 0 Å². The zero-order chi connectivity index (χ0) is 22.6. The molecule has 0 unspecified atom stereocenters. The van der Waals surface area contributed by atoms with Crippen molar-refractivity contribution < 1.29 is 31.5 Å². The predicted molar refractivity (Wildman–Crippen MR) is 109 cm³/mol. The highest BCUT2D eigenvalue weighted by Crippen LogP contribution is 2.31. The molecule has 0 radical (unpaired) electrons. The summed E-state index contributed by atoms with van der Waals surface area (Å²) in [6.07, 6.45) is -4.47. The van der Waals surface area contributed by atoms with Crippen LogP contribution in [-0.4, -0.2) is 25.5 Å². The number of hydrogen-bond acceptors (Lipinski definition) is 3. The Hall–Kier alpha value is -3.17. The van der Waals surface area contributed by atoms with Gasteiger partial charge in [0.15, 0.2) is 0 Å². The van der Waals surface area contributed by atoms with E-state index in [4.69, 9.17) is 0 Å². The minimum Gasteiger partial charge on any atom is -0.480 e. The van der Waals surface area contributed by atoms with Gasteiger partial charge in [0, 0.05) is 0 Å². The number of benzene rings is 3. The Bertz CT molecular complexity index is 1140. The van der Waals surface area contributed by atoms with Crippen molar-refractivity contribution in [3.63, 3.8) is 0 Å². The lowest BCUT2D eigenvalue weighted by atomic mass is 10.0. The number of carbonyl (C=O) groups is 1. The molecule has 0 amide bonds. The van der Waals surface area contributed by atoms with Crippen LogP contribution in [0.15, 0.2) is 83.8 Å². The van der Waals surface area contributed by atoms with Crippen LogP contribution >= 0.6 is 0 Å². The molecule has 0 aliphatic rings. The van der Waals surface area contributed by atoms with E-state index in [0.717, 1.165) is 12.1 Å². The van der Waals surface area contributed by atoms with Crippen molar-refractivity contribution in [3.05, 3.63) is 90.0 Å². The lowest BCUT2D eigenvalue weighted by Gasteiger charge is -2.15. The van der Waals surface area contributed by atoms with Crippen molar-refractivity contribution in [3.8, 4) is 11.1 Å². The Labute approximate surface area is 177 Å². The number of alkyl halides is 3. The van der Waals surface area contributed by atoms with Crippen LogP contribution in [0.25, 0.3) is 11.1 Å². The van der Waals surface area contributed by atoms with E-state index in [1.54, 1.807) is 30.3 Å². The Balaban J connectivity index is 1.77. The number of sulfonamides is 1. The standard InChI is InChI=1S/C22H18F3NO4S/c23-22(24,25)18-10-6-16(7-11-18)17-8-12-19(13-9-17)31(29,30)26-20(21(27)28)14-15-4-2-1-3-5-15/h1-13,20,26H,14H2,(H,27,28)/t20-/m1/s1. The summed E-state index contributed by atoms with van der Waals surface area (Å²) >= 11 is 0. The third-order valence-electron chi connectivity index (χ3n) is 4.59. The second kappa shape index (κ2) is 8.91. The zero-order valence-corrected chi connectivity index (χ0v) is 16.8. The molecule has 3 rings (SSSR count). The summed E-state index contributed by atoms with van der Waals surface area (Å²) < 4.78 is 65.5. The summed E-state index contributed by atoms with van der Waals surface area (Å²) in [6, 6.07) is 17.2. The molecule has 0 aliphatic heterocycles. The van der Waals surface area contributed by atoms with Crippen LogP contribution in [0, 0.1) is 0 Å². The van der Waals surface area contributed by atoms with Crippen LogP contribution in [0.1, 0.15) is 11.1 Å². The molecule has 0 spiro atoms. The molecule has 1 atom stereocenters. The average Bonchev–Trinajstić information content (AvgIpc) is 2.73. The predicted octanol–water partition coefficient (Wildman–Crippen LogP) is 4.35. The van der Waals surface area contributed by atoms with E-state index >= 15 is 0 Å². The zero-order valence-electron chi connectivity index (χ0n) is 16.0. The molecule has 31 heavy (non-hydrogen) atoms. The fourth-order valence-corrected chi connectivity index (χ4v) is 4.15. The Morgan fingerprint density at radius 3 is 1.87 bits per heavy atom. The van der Waals surface area contributed by atoms with E-state index in [-0.39, 0.29) is 11.3 Å². The van der Waals surface area contributed by atoms with Crippen molar-refractivity contribution >= 4 is 16.0 Å². The van der Waals surface area contributed by atoms with Crippen molar-refractivity contribution in [2.24, 2.45) is 0 Å². The van der Waals surface area contributed by atoms with Crippen LogP contribution in [0.2, 0.25) is 0 Å². The first kappa shape index (κ1) is 22.5. The maximum absolute atomic E-state index is 12.7. The lowest BCUT2D eigenvalue weighted by Crippen LogP contribution is -2.42. The summed E-state index contributed by atoms with van der Waals surface area (Å²) in [5, 5.41) is 9.41. The van der Waals surface area contributed by atoms with Crippen LogP contribution in [0.5, 0.6) is 0 Å². The molecule has 162 valence electrons. The molecule has 3 aromatic rings. The van der Waals surface area contributed by atoms with Crippen LogP contribution in [-0.2, 0) is 27.4 Å². The minimum absolute atomic E-state index is 0.0287. The van der Waals surface area contributed by atoms with E-state index < -0.39 is 33.8 Å². The second-order valence-electron chi connectivity index (χ2n) is 6.80. The highest BCUT2D eigenvalue weighted by molar-refractivity contribution is 7.89. The SMILES string of the molecule is O=C(O)[C@@H](Cc1ccccc1)NS(=O)(=O)c1ccc(-c2ccc(C(F)(F)F)cc2)cc1.